The van der Waals surface area contributed by atoms with Gasteiger partial charge in [-0.2, -0.15) is 16.9 Å². The number of hydrogen-bond donors (Lipinski definition) is 2. The number of imidazole rings is 1. The fourth-order valence-corrected chi connectivity index (χ4v) is 5.94. The van der Waals surface area contributed by atoms with Crippen molar-refractivity contribution in [3.63, 3.8) is 0 Å². The van der Waals surface area contributed by atoms with Crippen molar-refractivity contribution in [1.82, 2.24) is 25.1 Å². The van der Waals surface area contributed by atoms with Crippen LogP contribution in [0, 0.1) is 0 Å². The van der Waals surface area contributed by atoms with Gasteiger partial charge in [-0.15, -0.1) is 0 Å². The van der Waals surface area contributed by atoms with Crippen molar-refractivity contribution < 1.29 is 9.59 Å². The van der Waals surface area contributed by atoms with E-state index in [1.54, 1.807) is 0 Å². The largest absolute Gasteiger partial charge is 0.337 e. The molecule has 174 valence electrons. The van der Waals surface area contributed by atoms with Gasteiger partial charge in [0.25, 0.3) is 5.91 Å². The van der Waals surface area contributed by atoms with Crippen LogP contribution in [0.15, 0.2) is 30.3 Å². The van der Waals surface area contributed by atoms with Gasteiger partial charge in [0.2, 0.25) is 5.91 Å². The molecule has 2 N–H and O–H groups in total. The molecule has 4 heterocycles. The first-order valence-corrected chi connectivity index (χ1v) is 12.8. The molecule has 0 saturated carbocycles. The van der Waals surface area contributed by atoms with Crippen molar-refractivity contribution in [3.05, 3.63) is 41.5 Å². The monoisotopic (exact) mass is 474 g/mol. The second-order valence-corrected chi connectivity index (χ2v) is 10.6. The lowest BCUT2D eigenvalue weighted by Crippen LogP contribution is -2.37. The number of thioether (sulfide) groups is 1. The molecule has 8 nitrogen and oxygen atoms in total. The third-order valence-electron chi connectivity index (χ3n) is 6.99. The molecule has 6 rings (SSSR count). The zero-order valence-corrected chi connectivity index (χ0v) is 20.3. The van der Waals surface area contributed by atoms with Gasteiger partial charge in [0.1, 0.15) is 5.69 Å². The van der Waals surface area contributed by atoms with E-state index in [1.165, 1.54) is 0 Å². The average Bonchev–Trinajstić information content (AvgIpc) is 3.51. The second-order valence-electron chi connectivity index (χ2n) is 9.38. The van der Waals surface area contributed by atoms with Gasteiger partial charge in [-0.25, -0.2) is 4.98 Å². The van der Waals surface area contributed by atoms with Gasteiger partial charge in [-0.05, 0) is 56.7 Å². The number of carbonyl (C=O) groups excluding carboxylic acids is 2. The molecule has 2 aliphatic heterocycles. The van der Waals surface area contributed by atoms with Crippen molar-refractivity contribution in [1.29, 1.82) is 0 Å². The quantitative estimate of drug-likeness (QED) is 0.469. The minimum Gasteiger partial charge on any atom is -0.337 e. The molecule has 34 heavy (non-hydrogen) atoms. The molecule has 1 saturated heterocycles. The molecular weight excluding hydrogens is 448 g/mol. The zero-order valence-electron chi connectivity index (χ0n) is 19.4. The van der Waals surface area contributed by atoms with Crippen LogP contribution in [0.4, 0.5) is 5.69 Å². The van der Waals surface area contributed by atoms with Crippen molar-refractivity contribution in [3.8, 4) is 11.5 Å². The number of likely N-dealkylation sites (N-methyl/N-ethyl adjacent to an activating group) is 1. The summed E-state index contributed by atoms with van der Waals surface area (Å²) in [5, 5.41) is 8.43. The van der Waals surface area contributed by atoms with E-state index >= 15 is 0 Å². The van der Waals surface area contributed by atoms with E-state index in [0.29, 0.717) is 23.6 Å². The number of aromatic amines is 2. The van der Waals surface area contributed by atoms with E-state index in [2.05, 4.69) is 15.2 Å². The number of amides is 2. The van der Waals surface area contributed by atoms with E-state index in [9.17, 15) is 9.59 Å². The summed E-state index contributed by atoms with van der Waals surface area (Å²) in [4.78, 5) is 37.9. The molecule has 0 atom stereocenters. The van der Waals surface area contributed by atoms with Gasteiger partial charge in [0.15, 0.2) is 5.82 Å². The average molecular weight is 475 g/mol. The van der Waals surface area contributed by atoms with Crippen LogP contribution in [0.5, 0.6) is 0 Å². The molecule has 4 aromatic rings. The van der Waals surface area contributed by atoms with E-state index in [0.717, 1.165) is 57.8 Å². The van der Waals surface area contributed by atoms with E-state index in [-0.39, 0.29) is 11.8 Å². The third kappa shape index (κ3) is 3.06. The molecular formula is C25H26N6O2S. The maximum Gasteiger partial charge on any atom is 0.253 e. The molecule has 2 aliphatic rings. The highest BCUT2D eigenvalue weighted by Gasteiger charge is 2.43. The highest BCUT2D eigenvalue weighted by Crippen LogP contribution is 2.43. The predicted molar refractivity (Wildman–Crippen MR) is 135 cm³/mol. The Morgan fingerprint density at radius 2 is 1.94 bits per heavy atom. The first-order valence-electron chi connectivity index (χ1n) is 11.6. The molecule has 1 fully saturated rings. The van der Waals surface area contributed by atoms with Crippen molar-refractivity contribution >= 4 is 51.2 Å². The number of aromatic nitrogens is 4. The van der Waals surface area contributed by atoms with Crippen LogP contribution in [0.2, 0.25) is 0 Å². The van der Waals surface area contributed by atoms with E-state index in [1.807, 2.05) is 72.7 Å². The number of nitrogens with zero attached hydrogens (tertiary/aromatic N) is 4. The number of anilines is 1. The molecule has 2 aromatic carbocycles. The predicted octanol–water partition coefficient (Wildman–Crippen LogP) is 3.94. The molecule has 2 aromatic heterocycles. The lowest BCUT2D eigenvalue weighted by Gasteiger charge is -2.26. The van der Waals surface area contributed by atoms with Gasteiger partial charge >= 0.3 is 0 Å². The fraction of sp³-hybridized carbons (Fsp3) is 0.360. The van der Waals surface area contributed by atoms with E-state index in [4.69, 9.17) is 4.98 Å². The number of fused-ring (bicyclic) bond motifs is 3. The van der Waals surface area contributed by atoms with Crippen LogP contribution in [0.25, 0.3) is 33.5 Å². The Bertz CT molecular complexity index is 1460. The van der Waals surface area contributed by atoms with Gasteiger partial charge in [0.05, 0.1) is 27.7 Å². The maximum absolute atomic E-state index is 13.0. The Hall–Kier alpha value is -3.33. The Balaban J connectivity index is 1.42. The summed E-state index contributed by atoms with van der Waals surface area (Å²) >= 11 is 1.88. The van der Waals surface area contributed by atoms with Gasteiger partial charge < -0.3 is 14.8 Å². The van der Waals surface area contributed by atoms with Crippen LogP contribution in [-0.4, -0.2) is 68.0 Å². The summed E-state index contributed by atoms with van der Waals surface area (Å²) in [6, 6.07) is 9.69. The standard InChI is InChI=1S/C25H26N6O2S/c1-4-31-20-13-19-18(12-16(20)25(2,3)24(31)33)26-22(27-19)21-15-11-14(5-6-17(15)28-29-21)23(32)30-7-9-34-10-8-30/h5-6,11-13H,4,7-10H2,1-3H3,(H,26,27)(H,28,29). The molecule has 0 spiro atoms. The van der Waals surface area contributed by atoms with Crippen LogP contribution < -0.4 is 4.90 Å². The topological polar surface area (TPSA) is 98.0 Å². The minimum absolute atomic E-state index is 0.0573. The molecule has 2 amide bonds. The van der Waals surface area contributed by atoms with E-state index < -0.39 is 5.41 Å². The number of carbonyl (C=O) groups is 2. The molecule has 0 radical (unpaired) electrons. The van der Waals surface area contributed by atoms with Crippen LogP contribution in [0.1, 0.15) is 36.7 Å². The highest BCUT2D eigenvalue weighted by atomic mass is 32.2. The number of H-pyrrole nitrogens is 2. The summed E-state index contributed by atoms with van der Waals surface area (Å²) in [5.74, 6) is 2.76. The van der Waals surface area contributed by atoms with Gasteiger partial charge in [0, 0.05) is 42.1 Å². The van der Waals surface area contributed by atoms with Crippen molar-refractivity contribution in [2.45, 2.75) is 26.2 Å². The van der Waals surface area contributed by atoms with Gasteiger partial charge in [-0.1, -0.05) is 0 Å². The van der Waals surface area contributed by atoms with Crippen LogP contribution in [0.3, 0.4) is 0 Å². The summed E-state index contributed by atoms with van der Waals surface area (Å²) in [6.07, 6.45) is 0. The molecule has 9 heteroatoms. The maximum atomic E-state index is 13.0. The first kappa shape index (κ1) is 21.2. The fourth-order valence-electron chi connectivity index (χ4n) is 5.03. The summed E-state index contributed by atoms with van der Waals surface area (Å²) in [5.41, 5.74) is 5.19. The van der Waals surface area contributed by atoms with Crippen LogP contribution >= 0.6 is 11.8 Å². The lowest BCUT2D eigenvalue weighted by atomic mass is 9.86. The SMILES string of the molecule is CCN1C(=O)C(C)(C)c2cc3[nH]c(-c4n[nH]c5ccc(C(=O)N6CCSCC6)cc45)nc3cc21. The Morgan fingerprint density at radius 3 is 2.71 bits per heavy atom. The Morgan fingerprint density at radius 1 is 1.15 bits per heavy atom. The second kappa shape index (κ2) is 7.59. The molecule has 0 bridgehead atoms. The van der Waals surface area contributed by atoms with Crippen molar-refractivity contribution in [2.24, 2.45) is 0 Å². The lowest BCUT2D eigenvalue weighted by molar-refractivity contribution is -0.122. The normalized spacial score (nSPS) is 17.7. The Kier molecular flexibility index (Phi) is 4.74. The summed E-state index contributed by atoms with van der Waals surface area (Å²) in [7, 11) is 0. The number of benzene rings is 2. The smallest absolute Gasteiger partial charge is 0.253 e. The minimum atomic E-state index is -0.577. The Labute approximate surface area is 201 Å². The highest BCUT2D eigenvalue weighted by molar-refractivity contribution is 7.99. The molecule has 0 unspecified atom stereocenters. The van der Waals surface area contributed by atoms with Gasteiger partial charge in [-0.3, -0.25) is 14.7 Å². The first-order chi connectivity index (χ1) is 16.4. The van der Waals surface area contributed by atoms with Crippen molar-refractivity contribution in [2.75, 3.05) is 36.0 Å². The number of rotatable bonds is 3. The summed E-state index contributed by atoms with van der Waals surface area (Å²) in [6.45, 7) is 8.10. The third-order valence-corrected chi connectivity index (χ3v) is 7.93. The number of nitrogens with one attached hydrogen (secondary N) is 2. The van der Waals surface area contributed by atoms with Crippen LogP contribution in [-0.2, 0) is 10.2 Å². The molecule has 0 aliphatic carbocycles. The number of hydrogen-bond acceptors (Lipinski definition) is 5. The zero-order chi connectivity index (χ0) is 23.6. The summed E-state index contributed by atoms with van der Waals surface area (Å²) < 4.78 is 0.